The fraction of sp³-hybridized carbons (Fsp3) is 0.154. The standard InChI is InChI=1S/C13H15N3O/c1-15(2)11-7-6-10-13(17)16(14)12-8-4-3-5-9-12/h3-5,7-9,11H,14H2,1-2H3. The molecule has 0 bridgehead atoms. The van der Waals surface area contributed by atoms with E-state index in [0.717, 1.165) is 5.01 Å². The van der Waals surface area contributed by atoms with Crippen molar-refractivity contribution in [2.24, 2.45) is 5.84 Å². The maximum absolute atomic E-state index is 11.6. The van der Waals surface area contributed by atoms with Crippen LogP contribution in [0.3, 0.4) is 0 Å². The zero-order valence-corrected chi connectivity index (χ0v) is 9.92. The minimum absolute atomic E-state index is 0.445. The molecule has 0 aliphatic heterocycles. The molecule has 88 valence electrons. The molecule has 4 heteroatoms. The molecule has 2 N–H and O–H groups in total. The summed E-state index contributed by atoms with van der Waals surface area (Å²) < 4.78 is 0. The van der Waals surface area contributed by atoms with Crippen LogP contribution >= 0.6 is 0 Å². The molecule has 0 aliphatic rings. The Hall–Kier alpha value is -2.25. The predicted octanol–water partition coefficient (Wildman–Crippen LogP) is 0.972. The quantitative estimate of drug-likeness (QED) is 0.356. The van der Waals surface area contributed by atoms with Crippen LogP contribution in [-0.2, 0) is 4.79 Å². The third-order valence-corrected chi connectivity index (χ3v) is 1.89. The van der Waals surface area contributed by atoms with Crippen LogP contribution in [0.2, 0.25) is 0 Å². The molecule has 0 unspecified atom stereocenters. The van der Waals surface area contributed by atoms with Gasteiger partial charge in [-0.3, -0.25) is 4.79 Å². The Balaban J connectivity index is 2.65. The highest BCUT2D eigenvalue weighted by atomic mass is 16.2. The van der Waals surface area contributed by atoms with Crippen molar-refractivity contribution in [1.29, 1.82) is 0 Å². The molecule has 4 nitrogen and oxygen atoms in total. The van der Waals surface area contributed by atoms with E-state index in [1.807, 2.05) is 37.2 Å². The third-order valence-electron chi connectivity index (χ3n) is 1.89. The van der Waals surface area contributed by atoms with E-state index in [1.165, 1.54) is 0 Å². The summed E-state index contributed by atoms with van der Waals surface area (Å²) in [7, 11) is 3.75. The summed E-state index contributed by atoms with van der Waals surface area (Å²) in [5, 5.41) is 1.02. The summed E-state index contributed by atoms with van der Waals surface area (Å²) in [5.74, 6) is 10.2. The van der Waals surface area contributed by atoms with E-state index in [4.69, 9.17) is 5.84 Å². The van der Waals surface area contributed by atoms with Crippen molar-refractivity contribution in [3.05, 3.63) is 42.6 Å². The summed E-state index contributed by atoms with van der Waals surface area (Å²) in [6.45, 7) is 0. The minimum atomic E-state index is -0.445. The second-order valence-electron chi connectivity index (χ2n) is 3.56. The van der Waals surface area contributed by atoms with Gasteiger partial charge in [0.2, 0.25) is 0 Å². The number of hydrogen-bond donors (Lipinski definition) is 1. The zero-order valence-electron chi connectivity index (χ0n) is 9.92. The third kappa shape index (κ3) is 4.41. The van der Waals surface area contributed by atoms with Crippen LogP contribution in [-0.4, -0.2) is 24.9 Å². The van der Waals surface area contributed by atoms with Crippen molar-refractivity contribution >= 4 is 11.6 Å². The smallest absolute Gasteiger partial charge is 0.317 e. The number of allylic oxidation sites excluding steroid dienone is 1. The van der Waals surface area contributed by atoms with Crippen LogP contribution < -0.4 is 10.9 Å². The van der Waals surface area contributed by atoms with E-state index in [0.29, 0.717) is 5.69 Å². The lowest BCUT2D eigenvalue weighted by molar-refractivity contribution is -0.113. The fourth-order valence-corrected chi connectivity index (χ4v) is 1.06. The predicted molar refractivity (Wildman–Crippen MR) is 68.7 cm³/mol. The zero-order chi connectivity index (χ0) is 12.7. The van der Waals surface area contributed by atoms with Gasteiger partial charge in [0.15, 0.2) is 0 Å². The second kappa shape index (κ2) is 6.36. The van der Waals surface area contributed by atoms with Gasteiger partial charge in [-0.05, 0) is 12.1 Å². The summed E-state index contributed by atoms with van der Waals surface area (Å²) in [5.41, 5.74) is 0.614. The lowest BCUT2D eigenvalue weighted by Crippen LogP contribution is -2.36. The van der Waals surface area contributed by atoms with Crippen molar-refractivity contribution < 1.29 is 4.79 Å². The molecule has 1 aromatic rings. The summed E-state index contributed by atoms with van der Waals surface area (Å²) in [6, 6.07) is 8.96. The first-order chi connectivity index (χ1) is 8.11. The first-order valence-corrected chi connectivity index (χ1v) is 5.09. The number of carbonyl (C=O) groups is 1. The van der Waals surface area contributed by atoms with Crippen LogP contribution in [0.1, 0.15) is 0 Å². The van der Waals surface area contributed by atoms with Crippen LogP contribution in [0.15, 0.2) is 42.6 Å². The number of carbonyl (C=O) groups excluding carboxylic acids is 1. The number of anilines is 1. The van der Waals surface area contributed by atoms with E-state index in [9.17, 15) is 4.79 Å². The highest BCUT2D eigenvalue weighted by molar-refractivity contribution is 6.05. The van der Waals surface area contributed by atoms with Crippen LogP contribution in [0, 0.1) is 11.8 Å². The number of hydrazine groups is 1. The van der Waals surface area contributed by atoms with E-state index in [2.05, 4.69) is 11.8 Å². The monoisotopic (exact) mass is 229 g/mol. The number of benzene rings is 1. The highest BCUT2D eigenvalue weighted by Gasteiger charge is 2.06. The topological polar surface area (TPSA) is 49.6 Å². The molecule has 0 aliphatic carbocycles. The van der Waals surface area contributed by atoms with Gasteiger partial charge >= 0.3 is 5.91 Å². The largest absolute Gasteiger partial charge is 0.383 e. The molecule has 0 radical (unpaired) electrons. The van der Waals surface area contributed by atoms with Gasteiger partial charge < -0.3 is 4.90 Å². The molecule has 0 aromatic heterocycles. The molecule has 1 aromatic carbocycles. The minimum Gasteiger partial charge on any atom is -0.383 e. The Labute approximate surface area is 101 Å². The van der Waals surface area contributed by atoms with Gasteiger partial charge in [-0.25, -0.2) is 10.9 Å². The Morgan fingerprint density at radius 1 is 1.29 bits per heavy atom. The number of amides is 1. The number of rotatable bonds is 2. The normalized spacial score (nSPS) is 9.59. The molecule has 0 heterocycles. The second-order valence-corrected chi connectivity index (χ2v) is 3.56. The van der Waals surface area contributed by atoms with Gasteiger partial charge in [-0.15, -0.1) is 0 Å². The summed E-state index contributed by atoms with van der Waals surface area (Å²) in [6.07, 6.45) is 3.35. The van der Waals surface area contributed by atoms with Crippen molar-refractivity contribution in [2.45, 2.75) is 0 Å². The molecule has 1 amide bonds. The van der Waals surface area contributed by atoms with Crippen molar-refractivity contribution in [1.82, 2.24) is 4.90 Å². The van der Waals surface area contributed by atoms with E-state index in [1.54, 1.807) is 24.4 Å². The Morgan fingerprint density at radius 3 is 2.53 bits per heavy atom. The van der Waals surface area contributed by atoms with Crippen molar-refractivity contribution in [3.8, 4) is 11.8 Å². The summed E-state index contributed by atoms with van der Waals surface area (Å²) >= 11 is 0. The molecule has 1 rings (SSSR count). The first kappa shape index (κ1) is 12.8. The molecule has 0 spiro atoms. The maximum Gasteiger partial charge on any atom is 0.317 e. The van der Waals surface area contributed by atoms with Gasteiger partial charge in [0.25, 0.3) is 0 Å². The first-order valence-electron chi connectivity index (χ1n) is 5.09. The molecule has 0 saturated carbocycles. The Morgan fingerprint density at radius 2 is 1.94 bits per heavy atom. The number of nitrogens with zero attached hydrogens (tertiary/aromatic N) is 2. The molecule has 0 atom stereocenters. The fourth-order valence-electron chi connectivity index (χ4n) is 1.06. The molecular formula is C13H15N3O. The van der Waals surface area contributed by atoms with Gasteiger partial charge in [0.05, 0.1) is 5.69 Å². The number of para-hydroxylation sites is 1. The lowest BCUT2D eigenvalue weighted by Gasteiger charge is -2.12. The van der Waals surface area contributed by atoms with Gasteiger partial charge in [0.1, 0.15) is 0 Å². The number of hydrogen-bond acceptors (Lipinski definition) is 3. The lowest BCUT2D eigenvalue weighted by atomic mass is 10.3. The summed E-state index contributed by atoms with van der Waals surface area (Å²) in [4.78, 5) is 13.4. The molecule has 0 saturated heterocycles. The van der Waals surface area contributed by atoms with E-state index < -0.39 is 5.91 Å². The van der Waals surface area contributed by atoms with Crippen molar-refractivity contribution in [3.63, 3.8) is 0 Å². The van der Waals surface area contributed by atoms with Gasteiger partial charge in [-0.2, -0.15) is 0 Å². The van der Waals surface area contributed by atoms with Crippen LogP contribution in [0.5, 0.6) is 0 Å². The maximum atomic E-state index is 11.6. The SMILES string of the molecule is CN(C)C=CC#CC(=O)N(N)c1ccccc1. The molecule has 0 fully saturated rings. The van der Waals surface area contributed by atoms with E-state index in [-0.39, 0.29) is 0 Å². The van der Waals surface area contributed by atoms with Crippen LogP contribution in [0.4, 0.5) is 5.69 Å². The van der Waals surface area contributed by atoms with E-state index >= 15 is 0 Å². The number of nitrogens with two attached hydrogens (primary N) is 1. The van der Waals surface area contributed by atoms with Gasteiger partial charge in [0, 0.05) is 32.3 Å². The Bertz CT molecular complexity index is 455. The average molecular weight is 229 g/mol. The van der Waals surface area contributed by atoms with Gasteiger partial charge in [-0.1, -0.05) is 24.1 Å². The van der Waals surface area contributed by atoms with Crippen molar-refractivity contribution in [2.75, 3.05) is 19.1 Å². The Kier molecular flexibility index (Phi) is 4.79. The van der Waals surface area contributed by atoms with Crippen LogP contribution in [0.25, 0.3) is 0 Å². The average Bonchev–Trinajstić information content (AvgIpc) is 2.34. The highest BCUT2D eigenvalue weighted by Crippen LogP contribution is 2.08. The molecular weight excluding hydrogens is 214 g/mol. The molecule has 17 heavy (non-hydrogen) atoms.